The lowest BCUT2D eigenvalue weighted by molar-refractivity contribution is 0.0864. The Morgan fingerprint density at radius 2 is 2.33 bits per heavy atom. The fraction of sp³-hybridized carbons (Fsp3) is 0.455. The third kappa shape index (κ3) is 3.45. The van der Waals surface area contributed by atoms with Gasteiger partial charge in [0.2, 0.25) is 0 Å². The van der Waals surface area contributed by atoms with E-state index < -0.39 is 5.54 Å². The van der Waals surface area contributed by atoms with E-state index in [1.54, 1.807) is 13.0 Å². The molecule has 0 aliphatic heterocycles. The van der Waals surface area contributed by atoms with Crippen molar-refractivity contribution in [3.05, 3.63) is 14.7 Å². The Labute approximate surface area is 118 Å². The maximum absolute atomic E-state index is 12.0. The summed E-state index contributed by atoms with van der Waals surface area (Å²) in [7, 11) is 3.01. The van der Waals surface area contributed by atoms with Crippen molar-refractivity contribution in [2.75, 3.05) is 20.8 Å². The van der Waals surface area contributed by atoms with Crippen LogP contribution in [0, 0.1) is 11.3 Å². The van der Waals surface area contributed by atoms with Crippen LogP contribution in [0.25, 0.3) is 0 Å². The zero-order chi connectivity index (χ0) is 13.8. The number of carbonyl (C=O) groups is 1. The maximum Gasteiger partial charge on any atom is 0.262 e. The molecule has 5 nitrogen and oxygen atoms in total. The fourth-order valence-electron chi connectivity index (χ4n) is 1.30. The monoisotopic (exact) mass is 332 g/mol. The van der Waals surface area contributed by atoms with Gasteiger partial charge < -0.3 is 14.8 Å². The van der Waals surface area contributed by atoms with Crippen molar-refractivity contribution in [2.45, 2.75) is 12.5 Å². The number of hydrogen-bond donors (Lipinski definition) is 1. The first-order valence-corrected chi connectivity index (χ1v) is 6.62. The summed E-state index contributed by atoms with van der Waals surface area (Å²) in [5.41, 5.74) is -1.05. The van der Waals surface area contributed by atoms with E-state index in [9.17, 15) is 4.79 Å². The molecule has 0 fully saturated rings. The van der Waals surface area contributed by atoms with Crippen molar-refractivity contribution >= 4 is 33.2 Å². The van der Waals surface area contributed by atoms with Gasteiger partial charge in [0.25, 0.3) is 5.91 Å². The molecule has 98 valence electrons. The van der Waals surface area contributed by atoms with Crippen molar-refractivity contribution in [1.29, 1.82) is 5.26 Å². The molecule has 0 aromatic carbocycles. The maximum atomic E-state index is 12.0. The molecule has 0 unspecified atom stereocenters. The lowest BCUT2D eigenvalue weighted by atomic mass is 10.1. The second-order valence-electron chi connectivity index (χ2n) is 3.78. The number of nitrogens with zero attached hydrogens (tertiary/aromatic N) is 1. The van der Waals surface area contributed by atoms with Gasteiger partial charge in [-0.15, -0.1) is 11.3 Å². The lowest BCUT2D eigenvalue weighted by Gasteiger charge is -2.21. The van der Waals surface area contributed by atoms with Gasteiger partial charge >= 0.3 is 0 Å². The molecule has 0 saturated heterocycles. The second-order valence-corrected chi connectivity index (χ2v) is 6.15. The molecule has 1 heterocycles. The van der Waals surface area contributed by atoms with E-state index in [0.29, 0.717) is 10.6 Å². The van der Waals surface area contributed by atoms with Crippen LogP contribution >= 0.6 is 27.3 Å². The third-order valence-corrected chi connectivity index (χ3v) is 3.95. The molecule has 0 aliphatic rings. The van der Waals surface area contributed by atoms with Crippen LogP contribution in [0.4, 0.5) is 0 Å². The summed E-state index contributed by atoms with van der Waals surface area (Å²) < 4.78 is 10.7. The van der Waals surface area contributed by atoms with Crippen LogP contribution in [0.3, 0.4) is 0 Å². The molecular formula is C11H13BrN2O3S. The number of hydrogen-bond acceptors (Lipinski definition) is 5. The van der Waals surface area contributed by atoms with Crippen LogP contribution in [0.5, 0.6) is 5.75 Å². The minimum atomic E-state index is -1.05. The van der Waals surface area contributed by atoms with Gasteiger partial charge in [-0.1, -0.05) is 0 Å². The molecule has 1 amide bonds. The smallest absolute Gasteiger partial charge is 0.262 e. The van der Waals surface area contributed by atoms with Crippen LogP contribution in [0.2, 0.25) is 0 Å². The Hall–Kier alpha value is -1.10. The predicted molar refractivity (Wildman–Crippen MR) is 71.9 cm³/mol. The highest BCUT2D eigenvalue weighted by atomic mass is 79.9. The number of rotatable bonds is 5. The lowest BCUT2D eigenvalue weighted by Crippen LogP contribution is -2.48. The highest BCUT2D eigenvalue weighted by Crippen LogP contribution is 2.34. The highest BCUT2D eigenvalue weighted by molar-refractivity contribution is 9.11. The number of nitrogens with one attached hydrogen (secondary N) is 1. The largest absolute Gasteiger partial charge is 0.495 e. The van der Waals surface area contributed by atoms with Gasteiger partial charge in [0.1, 0.15) is 15.1 Å². The summed E-state index contributed by atoms with van der Waals surface area (Å²) in [6, 6.07) is 3.64. The molecule has 1 aromatic heterocycles. The van der Waals surface area contributed by atoms with Crippen molar-refractivity contribution < 1.29 is 14.3 Å². The molecule has 1 rings (SSSR count). The normalized spacial score (nSPS) is 13.5. The summed E-state index contributed by atoms with van der Waals surface area (Å²) in [4.78, 5) is 12.5. The zero-order valence-electron chi connectivity index (χ0n) is 10.2. The molecule has 7 heteroatoms. The average molecular weight is 333 g/mol. The van der Waals surface area contributed by atoms with Gasteiger partial charge in [0.05, 0.1) is 24.7 Å². The Kier molecular flexibility index (Phi) is 5.14. The van der Waals surface area contributed by atoms with Crippen LogP contribution in [-0.2, 0) is 4.74 Å². The Bertz CT molecular complexity index is 483. The number of amides is 1. The first kappa shape index (κ1) is 15.0. The van der Waals surface area contributed by atoms with E-state index in [4.69, 9.17) is 14.7 Å². The van der Waals surface area contributed by atoms with E-state index in [1.165, 1.54) is 25.6 Å². The SMILES string of the molecule is COC[C@](C)(C#N)NC(=O)c1cc(OC)c(Br)s1. The number of thiophene rings is 1. The summed E-state index contributed by atoms with van der Waals surface area (Å²) in [5, 5.41) is 11.7. The van der Waals surface area contributed by atoms with E-state index in [0.717, 1.165) is 3.79 Å². The van der Waals surface area contributed by atoms with Gasteiger partial charge in [0.15, 0.2) is 0 Å². The van der Waals surface area contributed by atoms with Crippen LogP contribution in [0.1, 0.15) is 16.6 Å². The molecule has 0 radical (unpaired) electrons. The van der Waals surface area contributed by atoms with Crippen LogP contribution in [-0.4, -0.2) is 32.3 Å². The summed E-state index contributed by atoms with van der Waals surface area (Å²) in [6.07, 6.45) is 0. The summed E-state index contributed by atoms with van der Waals surface area (Å²) in [5.74, 6) is 0.264. The quantitative estimate of drug-likeness (QED) is 0.896. The number of methoxy groups -OCH3 is 2. The predicted octanol–water partition coefficient (Wildman–Crippen LogP) is 2.18. The Morgan fingerprint density at radius 1 is 1.67 bits per heavy atom. The minimum Gasteiger partial charge on any atom is -0.495 e. The fourth-order valence-corrected chi connectivity index (χ4v) is 2.85. The van der Waals surface area contributed by atoms with E-state index >= 15 is 0 Å². The van der Waals surface area contributed by atoms with Crippen LogP contribution < -0.4 is 10.1 Å². The van der Waals surface area contributed by atoms with E-state index in [2.05, 4.69) is 21.2 Å². The third-order valence-electron chi connectivity index (χ3n) is 2.17. The standard InChI is InChI=1S/C11H13BrN2O3S/c1-11(5-13,6-16-2)14-10(15)8-4-7(17-3)9(12)18-8/h4H,6H2,1-3H3,(H,14,15)/t11-/m0/s1. The first-order valence-electron chi connectivity index (χ1n) is 5.02. The number of nitriles is 1. The molecule has 18 heavy (non-hydrogen) atoms. The Balaban J connectivity index is 2.85. The van der Waals surface area contributed by atoms with Crippen molar-refractivity contribution in [3.8, 4) is 11.8 Å². The molecule has 1 atom stereocenters. The van der Waals surface area contributed by atoms with E-state index in [1.807, 2.05) is 6.07 Å². The molecule has 1 N–H and O–H groups in total. The number of carbonyl (C=O) groups excluding carboxylic acids is 1. The second kappa shape index (κ2) is 6.18. The summed E-state index contributed by atoms with van der Waals surface area (Å²) >= 11 is 4.54. The highest BCUT2D eigenvalue weighted by Gasteiger charge is 2.27. The van der Waals surface area contributed by atoms with Gasteiger partial charge in [-0.2, -0.15) is 5.26 Å². The van der Waals surface area contributed by atoms with Gasteiger partial charge in [0, 0.05) is 13.2 Å². The zero-order valence-corrected chi connectivity index (χ0v) is 12.6. The minimum absolute atomic E-state index is 0.124. The van der Waals surface area contributed by atoms with Crippen molar-refractivity contribution in [1.82, 2.24) is 5.32 Å². The first-order chi connectivity index (χ1) is 8.45. The number of halogens is 1. The van der Waals surface area contributed by atoms with E-state index in [-0.39, 0.29) is 12.5 Å². The van der Waals surface area contributed by atoms with Gasteiger partial charge in [-0.25, -0.2) is 0 Å². The van der Waals surface area contributed by atoms with Crippen molar-refractivity contribution in [2.24, 2.45) is 0 Å². The molecule has 0 spiro atoms. The number of ether oxygens (including phenoxy) is 2. The van der Waals surface area contributed by atoms with Gasteiger partial charge in [-0.05, 0) is 22.9 Å². The molecule has 0 saturated carbocycles. The topological polar surface area (TPSA) is 71.3 Å². The van der Waals surface area contributed by atoms with Gasteiger partial charge in [-0.3, -0.25) is 4.79 Å². The average Bonchev–Trinajstić information content (AvgIpc) is 2.71. The molecule has 0 bridgehead atoms. The summed E-state index contributed by atoms with van der Waals surface area (Å²) in [6.45, 7) is 1.73. The molecular weight excluding hydrogens is 320 g/mol. The van der Waals surface area contributed by atoms with Crippen LogP contribution in [0.15, 0.2) is 9.85 Å². The van der Waals surface area contributed by atoms with Crippen molar-refractivity contribution in [3.63, 3.8) is 0 Å². The Morgan fingerprint density at radius 3 is 2.78 bits per heavy atom. The molecule has 0 aliphatic carbocycles. The molecule has 1 aromatic rings.